The summed E-state index contributed by atoms with van der Waals surface area (Å²) in [5.74, 6) is 4.01. The Labute approximate surface area is 241 Å². The number of aliphatic hydroxyl groups is 1. The Morgan fingerprint density at radius 1 is 1.10 bits per heavy atom. The van der Waals surface area contributed by atoms with Crippen LogP contribution >= 0.6 is 0 Å². The van der Waals surface area contributed by atoms with Crippen molar-refractivity contribution in [2.24, 2.45) is 46.7 Å². The molecule has 7 rings (SSSR count). The van der Waals surface area contributed by atoms with Crippen LogP contribution in [0.5, 0.6) is 0 Å². The van der Waals surface area contributed by atoms with Crippen LogP contribution in [0, 0.1) is 40.9 Å². The van der Waals surface area contributed by atoms with E-state index < -0.39 is 6.41 Å². The highest BCUT2D eigenvalue weighted by Gasteiger charge is 2.62. The Morgan fingerprint density at radius 3 is 2.70 bits per heavy atom. The van der Waals surface area contributed by atoms with Crippen molar-refractivity contribution in [3.8, 4) is 0 Å². The van der Waals surface area contributed by atoms with Gasteiger partial charge in [0.2, 0.25) is 6.41 Å². The first kappa shape index (κ1) is 27.6. The fraction of sp³-hybridized carbons (Fsp3) is 0.771. The van der Waals surface area contributed by atoms with E-state index in [1.807, 2.05) is 18.2 Å². The molecule has 4 aliphatic carbocycles. The minimum atomic E-state index is -0.912. The van der Waals surface area contributed by atoms with Crippen LogP contribution in [0.2, 0.25) is 0 Å². The molecule has 3 saturated carbocycles. The average molecular weight is 549 g/mol. The summed E-state index contributed by atoms with van der Waals surface area (Å²) in [5, 5.41) is 11.3. The number of allylic oxidation sites excluding steroid dienone is 1. The quantitative estimate of drug-likeness (QED) is 0.344. The van der Waals surface area contributed by atoms with Crippen molar-refractivity contribution in [2.75, 3.05) is 6.54 Å². The van der Waals surface area contributed by atoms with E-state index >= 15 is 0 Å². The van der Waals surface area contributed by atoms with E-state index in [9.17, 15) is 5.11 Å². The maximum absolute atomic E-state index is 11.3. The molecule has 220 valence electrons. The highest BCUT2D eigenvalue weighted by Crippen LogP contribution is 2.66. The Hall–Kier alpha value is -1.24. The zero-order valence-electron chi connectivity index (χ0n) is 25.2. The van der Waals surface area contributed by atoms with Gasteiger partial charge in [0.25, 0.3) is 0 Å². The molecule has 2 aliphatic heterocycles. The van der Waals surface area contributed by atoms with E-state index in [0.29, 0.717) is 29.9 Å². The molecule has 12 atom stereocenters. The van der Waals surface area contributed by atoms with Crippen LogP contribution in [0.4, 0.5) is 0 Å². The van der Waals surface area contributed by atoms with Gasteiger partial charge in [-0.25, -0.2) is 4.90 Å². The molecule has 0 amide bonds. The molecule has 1 aromatic carbocycles. The fourth-order valence-electron chi connectivity index (χ4n) is 11.1. The minimum Gasteiger partial charge on any atom is -0.365 e. The van der Waals surface area contributed by atoms with Gasteiger partial charge < -0.3 is 20.3 Å². The fourth-order valence-corrected chi connectivity index (χ4v) is 11.1. The summed E-state index contributed by atoms with van der Waals surface area (Å²) < 4.78 is 13.3. The predicted octanol–water partition coefficient (Wildman–Crippen LogP) is 6.25. The van der Waals surface area contributed by atoms with E-state index in [0.717, 1.165) is 48.6 Å². The normalized spacial score (nSPS) is 47.5. The highest BCUT2D eigenvalue weighted by molar-refractivity contribution is 5.36. The molecule has 2 saturated heterocycles. The number of ether oxygens (including phenoxy) is 2. The average Bonchev–Trinajstić information content (AvgIpc) is 3.47. The van der Waals surface area contributed by atoms with Crippen LogP contribution in [0.25, 0.3) is 0 Å². The molecular formula is C35H52N2O3. The molecule has 5 fully saturated rings. The number of piperidine rings is 1. The second-order valence-corrected chi connectivity index (χ2v) is 15.1. The highest BCUT2D eigenvalue weighted by atomic mass is 16.6. The van der Waals surface area contributed by atoms with Crippen molar-refractivity contribution >= 4 is 0 Å². The van der Waals surface area contributed by atoms with Gasteiger partial charge in [0.1, 0.15) is 0 Å². The number of likely N-dealkylation sites (tertiary alicyclic amines) is 1. The van der Waals surface area contributed by atoms with Gasteiger partial charge in [0.05, 0.1) is 18.3 Å². The Morgan fingerprint density at radius 2 is 1.90 bits per heavy atom. The summed E-state index contributed by atoms with van der Waals surface area (Å²) >= 11 is 0. The number of fused-ring (bicyclic) bond motifs is 6. The van der Waals surface area contributed by atoms with Crippen LogP contribution in [0.15, 0.2) is 41.5 Å². The van der Waals surface area contributed by atoms with Crippen LogP contribution in [0.3, 0.4) is 0 Å². The van der Waals surface area contributed by atoms with Gasteiger partial charge in [-0.1, -0.05) is 56.7 Å². The second-order valence-electron chi connectivity index (χ2n) is 15.1. The topological polar surface area (TPSA) is 68.0 Å². The summed E-state index contributed by atoms with van der Waals surface area (Å²) in [5.41, 5.74) is 11.1. The lowest BCUT2D eigenvalue weighted by Crippen LogP contribution is -2.56. The third-order valence-electron chi connectivity index (χ3n) is 13.2. The summed E-state index contributed by atoms with van der Waals surface area (Å²) in [7, 11) is 0. The number of nitrogens with two attached hydrogens (primary N) is 1. The summed E-state index contributed by atoms with van der Waals surface area (Å²) in [6, 6.07) is 10.8. The molecule has 0 aromatic heterocycles. The molecule has 6 unspecified atom stereocenters. The zero-order chi connectivity index (χ0) is 27.8. The third-order valence-corrected chi connectivity index (χ3v) is 13.2. The van der Waals surface area contributed by atoms with Crippen molar-refractivity contribution in [1.29, 1.82) is 0 Å². The lowest BCUT2D eigenvalue weighted by molar-refractivity contribution is -0.230. The number of hydrogen-bond donors (Lipinski definition) is 2. The number of nitrogens with zero attached hydrogens (tertiary/aromatic N) is 1. The van der Waals surface area contributed by atoms with Gasteiger partial charge in [-0.05, 0) is 111 Å². The maximum atomic E-state index is 11.3. The van der Waals surface area contributed by atoms with E-state index in [1.54, 1.807) is 11.1 Å². The number of rotatable bonds is 4. The van der Waals surface area contributed by atoms with Crippen molar-refractivity contribution in [3.63, 3.8) is 0 Å². The predicted molar refractivity (Wildman–Crippen MR) is 158 cm³/mol. The van der Waals surface area contributed by atoms with Gasteiger partial charge in [0, 0.05) is 24.5 Å². The lowest BCUT2D eigenvalue weighted by atomic mass is 9.52. The van der Waals surface area contributed by atoms with Crippen molar-refractivity contribution in [1.82, 2.24) is 4.90 Å². The van der Waals surface area contributed by atoms with E-state index in [4.69, 9.17) is 15.2 Å². The lowest BCUT2D eigenvalue weighted by Gasteiger charge is -2.54. The molecule has 1 aromatic rings. The summed E-state index contributed by atoms with van der Waals surface area (Å²) in [4.78, 5) is 2.23. The molecule has 0 bridgehead atoms. The third kappa shape index (κ3) is 4.20. The summed E-state index contributed by atoms with van der Waals surface area (Å²) in [6.07, 6.45) is 10.5. The first-order valence-electron chi connectivity index (χ1n) is 16.4. The van der Waals surface area contributed by atoms with E-state index in [2.05, 4.69) is 44.7 Å². The zero-order valence-corrected chi connectivity index (χ0v) is 25.2. The number of benzene rings is 1. The maximum Gasteiger partial charge on any atom is 0.216 e. The smallest absolute Gasteiger partial charge is 0.216 e. The molecule has 2 heterocycles. The van der Waals surface area contributed by atoms with E-state index in [-0.39, 0.29) is 17.7 Å². The molecular weight excluding hydrogens is 496 g/mol. The number of aliphatic hydroxyl groups excluding tert-OH is 1. The second kappa shape index (κ2) is 10.2. The molecule has 3 N–H and O–H groups in total. The molecule has 6 aliphatic rings. The molecule has 5 nitrogen and oxygen atoms in total. The molecule has 0 radical (unpaired) electrons. The van der Waals surface area contributed by atoms with Crippen LogP contribution in [-0.4, -0.2) is 46.8 Å². The van der Waals surface area contributed by atoms with Gasteiger partial charge >= 0.3 is 0 Å². The van der Waals surface area contributed by atoms with Crippen molar-refractivity contribution < 1.29 is 14.6 Å². The minimum absolute atomic E-state index is 0.145. The standard InChI is InChI=1S/C35H52N2O3/c1-21-16-31-32(37(19-21)33(38)39-20-24-8-6-5-7-9-24)23(3)35(40-31)15-13-27-28-11-10-25-17-26(36)12-14-34(25,4)30(28)18-29(27)22(35)2/h5-9,21,23,25-28,30-33,38H,10-20,36H2,1-4H3/t21?,23-,25-,26-,27+,28?,30+,31-,32?,33?,34?,35?/m1/s1. The molecule has 40 heavy (non-hydrogen) atoms. The number of hydrogen-bond acceptors (Lipinski definition) is 5. The van der Waals surface area contributed by atoms with E-state index in [1.165, 1.54) is 44.9 Å². The van der Waals surface area contributed by atoms with Crippen LogP contribution in [-0.2, 0) is 16.1 Å². The largest absolute Gasteiger partial charge is 0.365 e. The Balaban J connectivity index is 1.14. The van der Waals surface area contributed by atoms with Crippen LogP contribution < -0.4 is 5.73 Å². The van der Waals surface area contributed by atoms with Gasteiger partial charge in [0.15, 0.2) is 0 Å². The molecule has 5 heteroatoms. The monoisotopic (exact) mass is 548 g/mol. The van der Waals surface area contributed by atoms with Gasteiger partial charge in [-0.2, -0.15) is 0 Å². The first-order valence-corrected chi connectivity index (χ1v) is 16.4. The van der Waals surface area contributed by atoms with Gasteiger partial charge in [-0.15, -0.1) is 0 Å². The van der Waals surface area contributed by atoms with Crippen molar-refractivity contribution in [3.05, 3.63) is 47.0 Å². The molecule has 1 spiro atoms. The van der Waals surface area contributed by atoms with Gasteiger partial charge in [-0.3, -0.25) is 0 Å². The Kier molecular flexibility index (Phi) is 7.03. The SMILES string of the molecule is CC1=C2C[C@H]3C(CC[C@@H]4C[C@H](N)CCC43C)[C@@H]2CCC12O[C@@H]1CC(C)CN(C(O)OCc3ccccc3)C1[C@H]2C. The summed E-state index contributed by atoms with van der Waals surface area (Å²) in [6.45, 7) is 11.0. The first-order chi connectivity index (χ1) is 19.2. The Bertz CT molecular complexity index is 1120. The van der Waals surface area contributed by atoms with Crippen LogP contribution in [0.1, 0.15) is 91.0 Å². The van der Waals surface area contributed by atoms with Crippen molar-refractivity contribution in [2.45, 2.75) is 122 Å².